The maximum absolute atomic E-state index is 12.2. The van der Waals surface area contributed by atoms with E-state index < -0.39 is 18.2 Å². The number of nitriles is 1. The molecule has 0 bridgehead atoms. The van der Waals surface area contributed by atoms with Gasteiger partial charge in [0.25, 0.3) is 0 Å². The van der Waals surface area contributed by atoms with Crippen molar-refractivity contribution in [2.45, 2.75) is 6.42 Å². The Morgan fingerprint density at radius 1 is 0.935 bits per heavy atom. The first-order valence-electron chi connectivity index (χ1n) is 8.88. The first-order valence-corrected chi connectivity index (χ1v) is 9.69. The summed E-state index contributed by atoms with van der Waals surface area (Å²) in [6.07, 6.45) is -0.441. The Morgan fingerprint density at radius 3 is 1.74 bits per heavy atom. The van der Waals surface area contributed by atoms with E-state index >= 15 is 0 Å². The molecule has 2 aromatic carbocycles. The summed E-state index contributed by atoms with van der Waals surface area (Å²) in [6, 6.07) is 15.2. The van der Waals surface area contributed by atoms with Gasteiger partial charge < -0.3 is 0 Å². The van der Waals surface area contributed by atoms with Crippen LogP contribution < -0.4 is 10.9 Å². The lowest BCUT2D eigenvalue weighted by atomic mass is 10.1. The molecule has 2 aromatic rings. The highest BCUT2D eigenvalue weighted by Gasteiger charge is 2.16. The lowest BCUT2D eigenvalue weighted by molar-refractivity contribution is -0.132. The van der Waals surface area contributed by atoms with Gasteiger partial charge in [0.1, 0.15) is 16.4 Å². The highest BCUT2D eigenvalue weighted by Crippen LogP contribution is 2.14. The number of thiocarbonyl (C=S) groups is 2. The van der Waals surface area contributed by atoms with Gasteiger partial charge in [0.15, 0.2) is 5.69 Å². The van der Waals surface area contributed by atoms with Crippen LogP contribution in [0, 0.1) is 17.9 Å². The Bertz CT molecular complexity index is 997. The summed E-state index contributed by atoms with van der Waals surface area (Å²) in [5.74, 6) is -1.12. The van der Waals surface area contributed by atoms with Gasteiger partial charge in [-0.25, -0.2) is 4.85 Å². The van der Waals surface area contributed by atoms with Crippen molar-refractivity contribution in [2.75, 3.05) is 14.1 Å². The van der Waals surface area contributed by atoms with Crippen molar-refractivity contribution in [3.05, 3.63) is 76.6 Å². The molecule has 0 spiro atoms. The number of amides is 2. The van der Waals surface area contributed by atoms with Gasteiger partial charge in [-0.05, 0) is 12.1 Å². The van der Waals surface area contributed by atoms with E-state index in [1.54, 1.807) is 62.6 Å². The number of carbonyl (C=O) groups excluding carboxylic acids is 2. The molecule has 2 rings (SSSR count). The first kappa shape index (κ1) is 23.4. The maximum Gasteiger partial charge on any atom is 0.248 e. The second kappa shape index (κ2) is 10.8. The summed E-state index contributed by atoms with van der Waals surface area (Å²) in [7, 11) is 3.12. The average Bonchev–Trinajstić information content (AvgIpc) is 2.77. The minimum Gasteiger partial charge on any atom is -0.277 e. The van der Waals surface area contributed by atoms with Crippen molar-refractivity contribution >= 4 is 51.9 Å². The van der Waals surface area contributed by atoms with E-state index in [0.717, 1.165) is 0 Å². The van der Waals surface area contributed by atoms with Gasteiger partial charge in [0.05, 0.1) is 18.2 Å². The summed E-state index contributed by atoms with van der Waals surface area (Å²) in [6.45, 7) is 6.97. The number of nitrogens with zero attached hydrogens (tertiary/aromatic N) is 4. The van der Waals surface area contributed by atoms with Crippen molar-refractivity contribution < 1.29 is 9.59 Å². The van der Waals surface area contributed by atoms with Crippen LogP contribution in [0.1, 0.15) is 23.1 Å². The Kier molecular flexibility index (Phi) is 8.15. The van der Waals surface area contributed by atoms with Gasteiger partial charge in [0, 0.05) is 25.2 Å². The Balaban J connectivity index is 1.87. The normalized spacial score (nSPS) is 9.55. The van der Waals surface area contributed by atoms with Crippen molar-refractivity contribution in [1.82, 2.24) is 20.9 Å². The largest absolute Gasteiger partial charge is 0.277 e. The quantitative estimate of drug-likeness (QED) is 0.320. The van der Waals surface area contributed by atoms with Gasteiger partial charge in [-0.2, -0.15) is 5.26 Å². The Hall–Kier alpha value is -3.86. The standard InChI is InChI=1S/C21H18N6O2S2/c1-23-17-10-8-16(9-11-17)21(31)27(3)25-19(29)12-18(28)24-26(2)20(30)15-6-4-14(13-22)5-7-15/h4-11H,12H2,2-3H3,(H,24,28)(H,25,29). The van der Waals surface area contributed by atoms with E-state index in [4.69, 9.17) is 36.3 Å². The third-order valence-electron chi connectivity index (χ3n) is 4.02. The van der Waals surface area contributed by atoms with Gasteiger partial charge >= 0.3 is 0 Å². The molecule has 156 valence electrons. The second-order valence-corrected chi connectivity index (χ2v) is 7.10. The molecule has 0 saturated heterocycles. The number of hydrazine groups is 2. The topological polar surface area (TPSA) is 92.8 Å². The molecule has 8 nitrogen and oxygen atoms in total. The van der Waals surface area contributed by atoms with Crippen molar-refractivity contribution in [1.29, 1.82) is 5.26 Å². The van der Waals surface area contributed by atoms with E-state index in [1.165, 1.54) is 10.0 Å². The van der Waals surface area contributed by atoms with Crippen molar-refractivity contribution in [3.8, 4) is 6.07 Å². The minimum absolute atomic E-state index is 0.333. The van der Waals surface area contributed by atoms with E-state index in [1.807, 2.05) is 6.07 Å². The summed E-state index contributed by atoms with van der Waals surface area (Å²) in [4.78, 5) is 28.4. The molecule has 0 saturated carbocycles. The molecule has 2 amide bonds. The molecule has 0 aliphatic heterocycles. The van der Waals surface area contributed by atoms with Crippen molar-refractivity contribution in [3.63, 3.8) is 0 Å². The summed E-state index contributed by atoms with van der Waals surface area (Å²) in [5, 5.41) is 11.5. The zero-order valence-electron chi connectivity index (χ0n) is 16.7. The number of benzene rings is 2. The SMILES string of the molecule is [C-]#[N+]c1ccc(C(=S)N(C)NC(=O)CC(=O)NN(C)C(=S)c2ccc(C#N)cc2)cc1. The summed E-state index contributed by atoms with van der Waals surface area (Å²) >= 11 is 10.6. The predicted octanol–water partition coefficient (Wildman–Crippen LogP) is 2.48. The molecular weight excluding hydrogens is 432 g/mol. The van der Waals surface area contributed by atoms with E-state index in [-0.39, 0.29) is 0 Å². The van der Waals surface area contributed by atoms with Crippen LogP contribution in [0.25, 0.3) is 4.85 Å². The zero-order valence-corrected chi connectivity index (χ0v) is 18.4. The lowest BCUT2D eigenvalue weighted by Gasteiger charge is -2.23. The molecule has 0 radical (unpaired) electrons. The monoisotopic (exact) mass is 450 g/mol. The van der Waals surface area contributed by atoms with E-state index in [0.29, 0.717) is 32.4 Å². The van der Waals surface area contributed by atoms with E-state index in [9.17, 15) is 9.59 Å². The van der Waals surface area contributed by atoms with Gasteiger partial charge in [-0.1, -0.05) is 60.8 Å². The van der Waals surface area contributed by atoms with Gasteiger partial charge in [-0.3, -0.25) is 30.5 Å². The molecule has 0 atom stereocenters. The van der Waals surface area contributed by atoms with Crippen LogP contribution in [-0.2, 0) is 9.59 Å². The molecule has 0 aromatic heterocycles. The molecule has 2 N–H and O–H groups in total. The van der Waals surface area contributed by atoms with Crippen LogP contribution in [0.3, 0.4) is 0 Å². The van der Waals surface area contributed by atoms with Crippen LogP contribution >= 0.6 is 24.4 Å². The van der Waals surface area contributed by atoms with Crippen LogP contribution in [0.2, 0.25) is 0 Å². The van der Waals surface area contributed by atoms with E-state index in [2.05, 4.69) is 15.7 Å². The molecule has 0 heterocycles. The number of nitrogens with one attached hydrogen (secondary N) is 2. The first-order chi connectivity index (χ1) is 14.7. The Labute approximate surface area is 190 Å². The zero-order chi connectivity index (χ0) is 23.0. The molecule has 31 heavy (non-hydrogen) atoms. The predicted molar refractivity (Wildman–Crippen MR) is 124 cm³/mol. The number of hydrogen-bond donors (Lipinski definition) is 2. The molecule has 0 aliphatic carbocycles. The molecular formula is C21H18N6O2S2. The average molecular weight is 451 g/mol. The van der Waals surface area contributed by atoms with Gasteiger partial charge in [-0.15, -0.1) is 0 Å². The fourth-order valence-electron chi connectivity index (χ4n) is 2.45. The third-order valence-corrected chi connectivity index (χ3v) is 5.04. The second-order valence-electron chi connectivity index (χ2n) is 6.32. The lowest BCUT2D eigenvalue weighted by Crippen LogP contribution is -2.47. The summed E-state index contributed by atoms with van der Waals surface area (Å²) < 4.78 is 0. The van der Waals surface area contributed by atoms with Crippen LogP contribution in [0.4, 0.5) is 5.69 Å². The highest BCUT2D eigenvalue weighted by molar-refractivity contribution is 7.80. The van der Waals surface area contributed by atoms with Crippen LogP contribution in [0.5, 0.6) is 0 Å². The third kappa shape index (κ3) is 6.57. The molecule has 0 fully saturated rings. The van der Waals surface area contributed by atoms with Crippen LogP contribution in [0.15, 0.2) is 48.5 Å². The number of carbonyl (C=O) groups is 2. The summed E-state index contributed by atoms with van der Waals surface area (Å²) in [5.41, 5.74) is 7.35. The molecule has 0 unspecified atom stereocenters. The van der Waals surface area contributed by atoms with Crippen molar-refractivity contribution in [2.24, 2.45) is 0 Å². The smallest absolute Gasteiger partial charge is 0.248 e. The fraction of sp³-hybridized carbons (Fsp3) is 0.143. The molecule has 10 heteroatoms. The number of hydrogen-bond acceptors (Lipinski definition) is 5. The fourth-order valence-corrected chi connectivity index (χ4v) is 2.82. The number of rotatable bonds is 4. The maximum atomic E-state index is 12.2. The minimum atomic E-state index is -0.559. The highest BCUT2D eigenvalue weighted by atomic mass is 32.1. The van der Waals surface area contributed by atoms with Gasteiger partial charge in [0.2, 0.25) is 11.8 Å². The van der Waals surface area contributed by atoms with Crippen LogP contribution in [-0.4, -0.2) is 45.9 Å². The Morgan fingerprint density at radius 2 is 1.35 bits per heavy atom. The molecule has 0 aliphatic rings.